The van der Waals surface area contributed by atoms with Gasteiger partial charge < -0.3 is 10.6 Å². The molecule has 26 heavy (non-hydrogen) atoms. The summed E-state index contributed by atoms with van der Waals surface area (Å²) < 4.78 is 27.0. The lowest BCUT2D eigenvalue weighted by atomic mass is 10.2. The quantitative estimate of drug-likeness (QED) is 0.357. The first-order chi connectivity index (χ1) is 12.4. The van der Waals surface area contributed by atoms with Crippen molar-refractivity contribution in [3.8, 4) is 0 Å². The fourth-order valence-corrected chi connectivity index (χ4v) is 4.01. The van der Waals surface area contributed by atoms with E-state index < -0.39 is 10.0 Å². The van der Waals surface area contributed by atoms with E-state index in [1.165, 1.54) is 4.88 Å². The van der Waals surface area contributed by atoms with E-state index in [1.807, 2.05) is 20.0 Å². The van der Waals surface area contributed by atoms with Gasteiger partial charge in [0.25, 0.3) is 0 Å². The van der Waals surface area contributed by atoms with Crippen LogP contribution in [-0.4, -0.2) is 46.0 Å². The third kappa shape index (κ3) is 6.40. The summed E-state index contributed by atoms with van der Waals surface area (Å²) >= 11 is 1.68. The third-order valence-electron chi connectivity index (χ3n) is 3.56. The summed E-state index contributed by atoms with van der Waals surface area (Å²) in [6, 6.07) is 6.77. The Morgan fingerprint density at radius 1 is 1.12 bits per heavy atom. The molecule has 1 heterocycles. The van der Waals surface area contributed by atoms with Crippen molar-refractivity contribution >= 4 is 27.3 Å². The summed E-state index contributed by atoms with van der Waals surface area (Å²) in [6.07, 6.45) is 2.69. The molecule has 0 spiro atoms. The number of guanidine groups is 1. The van der Waals surface area contributed by atoms with E-state index in [1.54, 1.807) is 42.6 Å². The molecule has 0 unspecified atom stereocenters. The molecule has 2 aromatic rings. The Labute approximate surface area is 159 Å². The molecule has 3 N–H and O–H groups in total. The van der Waals surface area contributed by atoms with Crippen molar-refractivity contribution in [2.24, 2.45) is 4.99 Å². The fourth-order valence-electron chi connectivity index (χ4n) is 2.19. The van der Waals surface area contributed by atoms with Crippen LogP contribution in [-0.2, 0) is 16.4 Å². The molecular weight excluding hydrogens is 370 g/mol. The molecular formula is C17H25N5O2S2. The maximum atomic E-state index is 12.2. The first-order valence-corrected chi connectivity index (χ1v) is 10.6. The zero-order valence-electron chi connectivity index (χ0n) is 15.2. The first kappa shape index (κ1) is 20.3. The lowest BCUT2D eigenvalue weighted by Gasteiger charge is -2.12. The summed E-state index contributed by atoms with van der Waals surface area (Å²) in [5, 5.41) is 7.36. The molecule has 1 aromatic carbocycles. The van der Waals surface area contributed by atoms with Crippen LogP contribution < -0.4 is 15.4 Å². The molecule has 1 aromatic heterocycles. The number of nitrogens with zero attached hydrogens (tertiary/aromatic N) is 2. The fraction of sp³-hybridized carbons (Fsp3) is 0.412. The summed E-state index contributed by atoms with van der Waals surface area (Å²) in [6.45, 7) is 5.36. The minimum Gasteiger partial charge on any atom is -0.356 e. The van der Waals surface area contributed by atoms with Crippen LogP contribution in [0.1, 0.15) is 15.4 Å². The minimum absolute atomic E-state index is 0.266. The van der Waals surface area contributed by atoms with Crippen LogP contribution in [0.4, 0.5) is 0 Å². The predicted molar refractivity (Wildman–Crippen MR) is 106 cm³/mol. The Kier molecular flexibility index (Phi) is 7.55. The third-order valence-corrected chi connectivity index (χ3v) is 6.01. The number of hydrogen-bond donors (Lipinski definition) is 3. The molecule has 2 rings (SSSR count). The molecule has 0 amide bonds. The smallest absolute Gasteiger partial charge is 0.240 e. The molecule has 7 nitrogen and oxygen atoms in total. The van der Waals surface area contributed by atoms with Gasteiger partial charge in [-0.2, -0.15) is 0 Å². The number of aliphatic imine (C=N–C) groups is 1. The number of hydrogen-bond acceptors (Lipinski definition) is 5. The second-order valence-corrected chi connectivity index (χ2v) is 8.84. The number of sulfonamides is 1. The Bertz CT molecular complexity index is 829. The van der Waals surface area contributed by atoms with Crippen molar-refractivity contribution in [3.05, 3.63) is 45.9 Å². The molecule has 0 radical (unpaired) electrons. The summed E-state index contributed by atoms with van der Waals surface area (Å²) in [5.41, 5.74) is 1.02. The van der Waals surface area contributed by atoms with Gasteiger partial charge in [0, 0.05) is 44.2 Å². The number of nitrogens with one attached hydrogen (secondary N) is 3. The average Bonchev–Trinajstić information content (AvgIpc) is 3.02. The number of thiazole rings is 1. The van der Waals surface area contributed by atoms with Gasteiger partial charge >= 0.3 is 0 Å². The standard InChI is InChI=1S/C17H25N5O2S2/c1-13-4-6-15(7-5-13)26(23,24)22-11-10-20-17(18-3)19-9-8-16-21-12-14(2)25-16/h4-7,12,22H,8-11H2,1-3H3,(H2,18,19,20). The van der Waals surface area contributed by atoms with Gasteiger partial charge in [0.15, 0.2) is 5.96 Å². The lowest BCUT2D eigenvalue weighted by Crippen LogP contribution is -2.42. The van der Waals surface area contributed by atoms with Gasteiger partial charge in [-0.15, -0.1) is 11.3 Å². The molecule has 9 heteroatoms. The van der Waals surface area contributed by atoms with Crippen molar-refractivity contribution in [2.75, 3.05) is 26.7 Å². The Morgan fingerprint density at radius 3 is 2.42 bits per heavy atom. The van der Waals surface area contributed by atoms with Crippen LogP contribution in [0.2, 0.25) is 0 Å². The van der Waals surface area contributed by atoms with Crippen molar-refractivity contribution in [3.63, 3.8) is 0 Å². The van der Waals surface area contributed by atoms with Crippen LogP contribution in [0.25, 0.3) is 0 Å². The second kappa shape index (κ2) is 9.65. The van der Waals surface area contributed by atoms with E-state index in [2.05, 4.69) is 25.3 Å². The second-order valence-electron chi connectivity index (χ2n) is 5.75. The minimum atomic E-state index is -3.49. The van der Waals surface area contributed by atoms with Crippen molar-refractivity contribution < 1.29 is 8.42 Å². The van der Waals surface area contributed by atoms with E-state index in [0.29, 0.717) is 19.0 Å². The van der Waals surface area contributed by atoms with Crippen LogP contribution in [0.3, 0.4) is 0 Å². The van der Waals surface area contributed by atoms with Crippen molar-refractivity contribution in [2.45, 2.75) is 25.2 Å². The van der Waals surface area contributed by atoms with Crippen LogP contribution in [0.15, 0.2) is 40.4 Å². The van der Waals surface area contributed by atoms with Gasteiger partial charge in [0.05, 0.1) is 9.90 Å². The van der Waals surface area contributed by atoms with E-state index in [9.17, 15) is 8.42 Å². The van der Waals surface area contributed by atoms with E-state index in [0.717, 1.165) is 17.0 Å². The normalized spacial score (nSPS) is 12.2. The lowest BCUT2D eigenvalue weighted by molar-refractivity contribution is 0.580. The van der Waals surface area contributed by atoms with Crippen LogP contribution >= 0.6 is 11.3 Å². The number of benzene rings is 1. The summed E-state index contributed by atoms with van der Waals surface area (Å²) in [4.78, 5) is 9.91. The topological polar surface area (TPSA) is 95.5 Å². The highest BCUT2D eigenvalue weighted by Crippen LogP contribution is 2.11. The van der Waals surface area contributed by atoms with Gasteiger partial charge in [-0.3, -0.25) is 4.99 Å². The molecule has 0 aliphatic heterocycles. The highest BCUT2D eigenvalue weighted by Gasteiger charge is 2.12. The van der Waals surface area contributed by atoms with Gasteiger partial charge in [0.1, 0.15) is 0 Å². The summed E-state index contributed by atoms with van der Waals surface area (Å²) in [5.74, 6) is 0.632. The molecule has 0 saturated heterocycles. The zero-order chi connectivity index (χ0) is 19.0. The average molecular weight is 396 g/mol. The van der Waals surface area contributed by atoms with Gasteiger partial charge in [0.2, 0.25) is 10.0 Å². The molecule has 0 bridgehead atoms. The van der Waals surface area contributed by atoms with Crippen LogP contribution in [0, 0.1) is 13.8 Å². The molecule has 0 saturated carbocycles. The molecule has 0 aliphatic rings. The molecule has 142 valence electrons. The molecule has 0 aliphatic carbocycles. The van der Waals surface area contributed by atoms with Gasteiger partial charge in [-0.25, -0.2) is 18.1 Å². The maximum absolute atomic E-state index is 12.2. The highest BCUT2D eigenvalue weighted by molar-refractivity contribution is 7.89. The van der Waals surface area contributed by atoms with Crippen molar-refractivity contribution in [1.82, 2.24) is 20.3 Å². The van der Waals surface area contributed by atoms with E-state index >= 15 is 0 Å². The number of rotatable bonds is 8. The monoisotopic (exact) mass is 395 g/mol. The Hall–Kier alpha value is -1.97. The Balaban J connectivity index is 1.70. The largest absolute Gasteiger partial charge is 0.356 e. The SMILES string of the molecule is CN=C(NCCNS(=O)(=O)c1ccc(C)cc1)NCCc1ncc(C)s1. The molecule has 0 atom stereocenters. The number of aryl methyl sites for hydroxylation is 2. The Morgan fingerprint density at radius 2 is 1.81 bits per heavy atom. The van der Waals surface area contributed by atoms with Crippen molar-refractivity contribution in [1.29, 1.82) is 0 Å². The first-order valence-electron chi connectivity index (χ1n) is 8.33. The van der Waals surface area contributed by atoms with E-state index in [4.69, 9.17) is 0 Å². The molecule has 0 fully saturated rings. The van der Waals surface area contributed by atoms with Gasteiger partial charge in [-0.1, -0.05) is 17.7 Å². The van der Waals surface area contributed by atoms with Gasteiger partial charge in [-0.05, 0) is 26.0 Å². The predicted octanol–water partition coefficient (Wildman–Crippen LogP) is 1.45. The highest BCUT2D eigenvalue weighted by atomic mass is 32.2. The zero-order valence-corrected chi connectivity index (χ0v) is 16.9. The van der Waals surface area contributed by atoms with Crippen LogP contribution in [0.5, 0.6) is 0 Å². The number of aromatic nitrogens is 1. The van der Waals surface area contributed by atoms with E-state index in [-0.39, 0.29) is 11.4 Å². The summed E-state index contributed by atoms with van der Waals surface area (Å²) in [7, 11) is -1.81. The maximum Gasteiger partial charge on any atom is 0.240 e.